The number of hydrogen-bond acceptors (Lipinski definition) is 2. The molecule has 1 atom stereocenters. The minimum Gasteiger partial charge on any atom is -0.396 e. The Kier molecular flexibility index (Phi) is 16.9. The second-order valence-electron chi connectivity index (χ2n) is 6.24. The van der Waals surface area contributed by atoms with Crippen molar-refractivity contribution in [3.8, 4) is 0 Å². The van der Waals surface area contributed by atoms with Crippen LogP contribution in [0.2, 0.25) is 0 Å². The van der Waals surface area contributed by atoms with Crippen LogP contribution < -0.4 is 0 Å². The van der Waals surface area contributed by atoms with Crippen molar-refractivity contribution in [1.29, 1.82) is 0 Å². The lowest BCUT2D eigenvalue weighted by Gasteiger charge is -2.13. The van der Waals surface area contributed by atoms with Gasteiger partial charge < -0.3 is 10.2 Å². The van der Waals surface area contributed by atoms with Crippen molar-refractivity contribution in [2.24, 2.45) is 5.92 Å². The van der Waals surface area contributed by atoms with E-state index in [-0.39, 0.29) is 0 Å². The molecular formula is C18H38O2. The maximum Gasteiger partial charge on any atom is 0.0459 e. The fourth-order valence-corrected chi connectivity index (χ4v) is 2.79. The Morgan fingerprint density at radius 3 is 1.50 bits per heavy atom. The molecule has 0 bridgehead atoms. The minimum atomic E-state index is 0.331. The van der Waals surface area contributed by atoms with Gasteiger partial charge in [-0.1, -0.05) is 77.6 Å². The zero-order valence-corrected chi connectivity index (χ0v) is 13.8. The molecule has 0 heterocycles. The molecule has 2 nitrogen and oxygen atoms in total. The standard InChI is InChI=1S/C18H38O2/c1-2-3-4-5-6-8-11-14-18(17-20)15-12-9-7-10-13-16-19/h18-20H,2-17H2,1H3. The molecule has 2 N–H and O–H groups in total. The van der Waals surface area contributed by atoms with Gasteiger partial charge in [-0.05, 0) is 25.2 Å². The van der Waals surface area contributed by atoms with Crippen molar-refractivity contribution in [1.82, 2.24) is 0 Å². The van der Waals surface area contributed by atoms with Gasteiger partial charge in [0.2, 0.25) is 0 Å². The summed E-state index contributed by atoms with van der Waals surface area (Å²) >= 11 is 0. The average molecular weight is 286 g/mol. The molecule has 0 rings (SSSR count). The first-order valence-electron chi connectivity index (χ1n) is 9.06. The van der Waals surface area contributed by atoms with Crippen molar-refractivity contribution in [2.45, 2.75) is 96.8 Å². The SMILES string of the molecule is CCCCCCCCCC(CO)CCCCCCCO. The van der Waals surface area contributed by atoms with Crippen molar-refractivity contribution in [3.05, 3.63) is 0 Å². The number of unbranched alkanes of at least 4 members (excludes halogenated alkanes) is 10. The summed E-state index contributed by atoms with van der Waals surface area (Å²) in [6, 6.07) is 0. The smallest absolute Gasteiger partial charge is 0.0459 e. The first-order chi connectivity index (χ1) is 9.85. The molecule has 0 aromatic heterocycles. The van der Waals surface area contributed by atoms with Gasteiger partial charge >= 0.3 is 0 Å². The lowest BCUT2D eigenvalue weighted by molar-refractivity contribution is 0.204. The molecule has 0 aromatic carbocycles. The molecule has 1 unspecified atom stereocenters. The first-order valence-corrected chi connectivity index (χ1v) is 9.06. The molecule has 0 aliphatic rings. The van der Waals surface area contributed by atoms with E-state index in [2.05, 4.69) is 6.92 Å². The predicted molar refractivity (Wildman–Crippen MR) is 88.0 cm³/mol. The Morgan fingerprint density at radius 1 is 0.600 bits per heavy atom. The number of aliphatic hydroxyl groups excluding tert-OH is 2. The van der Waals surface area contributed by atoms with Crippen molar-refractivity contribution < 1.29 is 10.2 Å². The minimum absolute atomic E-state index is 0.331. The van der Waals surface area contributed by atoms with Gasteiger partial charge in [-0.2, -0.15) is 0 Å². The van der Waals surface area contributed by atoms with Crippen molar-refractivity contribution >= 4 is 0 Å². The Hall–Kier alpha value is -0.0800. The summed E-state index contributed by atoms with van der Waals surface area (Å²) in [5, 5.41) is 18.1. The predicted octanol–water partition coefficient (Wildman–Crippen LogP) is 5.07. The van der Waals surface area contributed by atoms with Gasteiger partial charge in [0.1, 0.15) is 0 Å². The fourth-order valence-electron chi connectivity index (χ4n) is 2.79. The summed E-state index contributed by atoms with van der Waals surface area (Å²) in [5.74, 6) is 0.531. The maximum absolute atomic E-state index is 9.41. The molecule has 0 aliphatic carbocycles. The summed E-state index contributed by atoms with van der Waals surface area (Å²) in [5.41, 5.74) is 0. The molecule has 2 heteroatoms. The van der Waals surface area contributed by atoms with Gasteiger partial charge in [-0.3, -0.25) is 0 Å². The van der Waals surface area contributed by atoms with Crippen molar-refractivity contribution in [2.75, 3.05) is 13.2 Å². The van der Waals surface area contributed by atoms with Crippen LogP contribution in [-0.2, 0) is 0 Å². The Bertz CT molecular complexity index is 171. The molecule has 0 saturated heterocycles. The zero-order chi connectivity index (χ0) is 14.9. The number of aliphatic hydroxyl groups is 2. The van der Waals surface area contributed by atoms with Crippen LogP contribution in [0.1, 0.15) is 96.8 Å². The van der Waals surface area contributed by atoms with Gasteiger partial charge in [0, 0.05) is 13.2 Å². The van der Waals surface area contributed by atoms with Crippen LogP contribution in [0.5, 0.6) is 0 Å². The molecular weight excluding hydrogens is 248 g/mol. The molecule has 20 heavy (non-hydrogen) atoms. The molecule has 0 aliphatic heterocycles. The Labute approximate surface area is 127 Å². The second-order valence-corrected chi connectivity index (χ2v) is 6.24. The molecule has 0 aromatic rings. The maximum atomic E-state index is 9.41. The molecule has 0 fully saturated rings. The normalized spacial score (nSPS) is 12.8. The topological polar surface area (TPSA) is 40.5 Å². The average Bonchev–Trinajstić information content (AvgIpc) is 2.47. The van der Waals surface area contributed by atoms with E-state index in [9.17, 15) is 5.11 Å². The van der Waals surface area contributed by atoms with Gasteiger partial charge in [-0.15, -0.1) is 0 Å². The van der Waals surface area contributed by atoms with E-state index in [1.807, 2.05) is 0 Å². The quantitative estimate of drug-likeness (QED) is 0.389. The highest BCUT2D eigenvalue weighted by atomic mass is 16.3. The Balaban J connectivity index is 3.29. The molecule has 122 valence electrons. The van der Waals surface area contributed by atoms with Crippen LogP contribution in [0, 0.1) is 5.92 Å². The first kappa shape index (κ1) is 19.9. The summed E-state index contributed by atoms with van der Waals surface area (Å²) in [7, 11) is 0. The number of hydrogen-bond donors (Lipinski definition) is 2. The molecule has 0 spiro atoms. The number of rotatable bonds is 16. The van der Waals surface area contributed by atoms with E-state index < -0.39 is 0 Å². The van der Waals surface area contributed by atoms with Crippen LogP contribution in [0.25, 0.3) is 0 Å². The van der Waals surface area contributed by atoms with Gasteiger partial charge in [-0.25, -0.2) is 0 Å². The van der Waals surface area contributed by atoms with Gasteiger partial charge in [0.05, 0.1) is 0 Å². The van der Waals surface area contributed by atoms with Crippen molar-refractivity contribution in [3.63, 3.8) is 0 Å². The van der Waals surface area contributed by atoms with Gasteiger partial charge in [0.15, 0.2) is 0 Å². The molecule has 0 radical (unpaired) electrons. The third-order valence-corrected chi connectivity index (χ3v) is 4.24. The summed E-state index contributed by atoms with van der Waals surface area (Å²) < 4.78 is 0. The highest BCUT2D eigenvalue weighted by molar-refractivity contribution is 4.59. The van der Waals surface area contributed by atoms with Crippen LogP contribution in [0.15, 0.2) is 0 Å². The lowest BCUT2D eigenvalue weighted by Crippen LogP contribution is -2.06. The van der Waals surface area contributed by atoms with Crippen LogP contribution >= 0.6 is 0 Å². The van der Waals surface area contributed by atoms with E-state index in [1.54, 1.807) is 0 Å². The second kappa shape index (κ2) is 17.0. The fraction of sp³-hybridized carbons (Fsp3) is 1.00. The van der Waals surface area contributed by atoms with Crippen LogP contribution in [0.3, 0.4) is 0 Å². The third-order valence-electron chi connectivity index (χ3n) is 4.24. The van der Waals surface area contributed by atoms with E-state index in [1.165, 1.54) is 77.0 Å². The lowest BCUT2D eigenvalue weighted by atomic mass is 9.95. The largest absolute Gasteiger partial charge is 0.396 e. The summed E-state index contributed by atoms with van der Waals surface area (Å²) in [6.07, 6.45) is 17.7. The third kappa shape index (κ3) is 14.3. The van der Waals surface area contributed by atoms with E-state index >= 15 is 0 Å². The van der Waals surface area contributed by atoms with Crippen LogP contribution in [0.4, 0.5) is 0 Å². The van der Waals surface area contributed by atoms with E-state index in [0.717, 1.165) is 12.8 Å². The van der Waals surface area contributed by atoms with E-state index in [4.69, 9.17) is 5.11 Å². The highest BCUT2D eigenvalue weighted by Crippen LogP contribution is 2.18. The zero-order valence-electron chi connectivity index (χ0n) is 13.8. The summed E-state index contributed by atoms with van der Waals surface area (Å²) in [4.78, 5) is 0. The highest BCUT2D eigenvalue weighted by Gasteiger charge is 2.06. The monoisotopic (exact) mass is 286 g/mol. The molecule has 0 saturated carbocycles. The van der Waals surface area contributed by atoms with E-state index in [0.29, 0.717) is 19.1 Å². The van der Waals surface area contributed by atoms with Gasteiger partial charge in [0.25, 0.3) is 0 Å². The summed E-state index contributed by atoms with van der Waals surface area (Å²) in [6.45, 7) is 2.96. The Morgan fingerprint density at radius 2 is 1.05 bits per heavy atom. The molecule has 0 amide bonds. The van der Waals surface area contributed by atoms with Crippen LogP contribution in [-0.4, -0.2) is 23.4 Å².